The minimum absolute atomic E-state index is 0.0533. The second-order valence-corrected chi connectivity index (χ2v) is 8.34. The van der Waals surface area contributed by atoms with Gasteiger partial charge in [0.25, 0.3) is 0 Å². The van der Waals surface area contributed by atoms with Gasteiger partial charge in [0.15, 0.2) is 17.7 Å². The van der Waals surface area contributed by atoms with Gasteiger partial charge in [-0.2, -0.15) is 0 Å². The largest absolute Gasteiger partial charge is 0.507 e. The summed E-state index contributed by atoms with van der Waals surface area (Å²) in [5.41, 5.74) is -0.837. The molecule has 2 N–H and O–H groups in total. The maximum Gasteiger partial charge on any atom is 0.309 e. The molecule has 1 aliphatic carbocycles. The molecule has 2 fully saturated rings. The zero-order chi connectivity index (χ0) is 22.9. The molecule has 168 valence electrons. The van der Waals surface area contributed by atoms with E-state index in [2.05, 4.69) is 0 Å². The molecule has 0 aromatic heterocycles. The van der Waals surface area contributed by atoms with E-state index in [0.29, 0.717) is 0 Å². The van der Waals surface area contributed by atoms with Crippen molar-refractivity contribution in [2.24, 2.45) is 0 Å². The number of phenols is 1. The van der Waals surface area contributed by atoms with Gasteiger partial charge in [-0.1, -0.05) is 12.1 Å². The number of rotatable bonds is 1. The van der Waals surface area contributed by atoms with E-state index in [9.17, 15) is 29.4 Å². The molecular formula is C22H20O10. The van der Waals surface area contributed by atoms with Crippen molar-refractivity contribution in [1.29, 1.82) is 0 Å². The molecule has 1 aromatic rings. The van der Waals surface area contributed by atoms with Gasteiger partial charge in [0.2, 0.25) is 5.79 Å². The molecule has 10 nitrogen and oxygen atoms in total. The minimum atomic E-state index is -2.20. The number of aliphatic hydroxyl groups is 1. The summed E-state index contributed by atoms with van der Waals surface area (Å²) in [5, 5.41) is 21.6. The summed E-state index contributed by atoms with van der Waals surface area (Å²) >= 11 is 0. The van der Waals surface area contributed by atoms with Gasteiger partial charge < -0.3 is 29.2 Å². The predicted octanol–water partition coefficient (Wildman–Crippen LogP) is 0.580. The molecule has 6 atom stereocenters. The standard InChI is InChI=1S/C22H20O10/c1-8-6-13(29-9(2)23)21(28)22(31-8)17-16(20-12(32-22)7-14(25)30-20)18(26)10-4-3-5-11(24)15(10)19(17)27/h3-5,8,12-13,20-21,24,28H,6-7H2,1-2H3/t8-,12+,13-,20-,21-,22+/m0/s1. The quantitative estimate of drug-likeness (QED) is 0.590. The molecule has 1 spiro atoms. The average molecular weight is 444 g/mol. The highest BCUT2D eigenvalue weighted by molar-refractivity contribution is 6.29. The summed E-state index contributed by atoms with van der Waals surface area (Å²) in [5.74, 6) is -5.37. The lowest BCUT2D eigenvalue weighted by molar-refractivity contribution is -0.336. The maximum atomic E-state index is 13.7. The van der Waals surface area contributed by atoms with Crippen molar-refractivity contribution >= 4 is 23.5 Å². The smallest absolute Gasteiger partial charge is 0.309 e. The number of aliphatic hydroxyl groups excluding tert-OH is 1. The summed E-state index contributed by atoms with van der Waals surface area (Å²) in [6.07, 6.45) is -5.73. The van der Waals surface area contributed by atoms with Crippen molar-refractivity contribution in [3.63, 3.8) is 0 Å². The van der Waals surface area contributed by atoms with Gasteiger partial charge in [-0.25, -0.2) is 0 Å². The highest BCUT2D eigenvalue weighted by Crippen LogP contribution is 2.51. The van der Waals surface area contributed by atoms with E-state index in [4.69, 9.17) is 18.9 Å². The van der Waals surface area contributed by atoms with Gasteiger partial charge in [0, 0.05) is 18.9 Å². The Morgan fingerprint density at radius 3 is 2.66 bits per heavy atom. The lowest BCUT2D eigenvalue weighted by atomic mass is 9.73. The van der Waals surface area contributed by atoms with Crippen LogP contribution >= 0.6 is 0 Å². The molecule has 3 heterocycles. The lowest BCUT2D eigenvalue weighted by Crippen LogP contribution is -2.66. The SMILES string of the molecule is CC(=O)O[C@H]1C[C@H](C)O[C@]2(O[C@@H]3CC(=O)O[C@@H]3C3=C2C(=O)c2c(O)cccc2C3=O)[C@H]1O. The average Bonchev–Trinajstić information content (AvgIpc) is 3.08. The van der Waals surface area contributed by atoms with Crippen molar-refractivity contribution in [2.75, 3.05) is 0 Å². The first kappa shape index (κ1) is 20.8. The van der Waals surface area contributed by atoms with Gasteiger partial charge in [-0.3, -0.25) is 19.2 Å². The van der Waals surface area contributed by atoms with E-state index in [1.165, 1.54) is 25.1 Å². The Morgan fingerprint density at radius 2 is 1.94 bits per heavy atom. The van der Waals surface area contributed by atoms with Gasteiger partial charge in [0.05, 0.1) is 29.2 Å². The van der Waals surface area contributed by atoms with Crippen molar-refractivity contribution < 1.29 is 48.3 Å². The number of ketones is 2. The number of carbonyl (C=O) groups is 4. The molecule has 3 aliphatic heterocycles. The Hall–Kier alpha value is -3.08. The number of benzene rings is 1. The first-order valence-corrected chi connectivity index (χ1v) is 10.2. The Morgan fingerprint density at radius 1 is 1.19 bits per heavy atom. The van der Waals surface area contributed by atoms with Crippen LogP contribution in [-0.4, -0.2) is 70.0 Å². The fourth-order valence-electron chi connectivity index (χ4n) is 5.01. The van der Waals surface area contributed by atoms with Crippen LogP contribution in [0.2, 0.25) is 0 Å². The van der Waals surface area contributed by atoms with Crippen molar-refractivity contribution in [2.45, 2.75) is 63.0 Å². The molecule has 0 bridgehead atoms. The molecular weight excluding hydrogens is 424 g/mol. The van der Waals surface area contributed by atoms with Gasteiger partial charge in [0.1, 0.15) is 24.1 Å². The summed E-state index contributed by atoms with van der Waals surface area (Å²) in [6.45, 7) is 2.81. The van der Waals surface area contributed by atoms with Crippen LogP contribution in [0.25, 0.3) is 0 Å². The van der Waals surface area contributed by atoms with Crippen molar-refractivity contribution in [1.82, 2.24) is 0 Å². The first-order chi connectivity index (χ1) is 15.1. The molecule has 0 amide bonds. The molecule has 0 unspecified atom stereocenters. The van der Waals surface area contributed by atoms with Crippen LogP contribution in [0.4, 0.5) is 0 Å². The lowest BCUT2D eigenvalue weighted by Gasteiger charge is -2.51. The number of phenolic OH excluding ortho intramolecular Hbond substituents is 1. The van der Waals surface area contributed by atoms with Gasteiger partial charge in [-0.05, 0) is 13.0 Å². The van der Waals surface area contributed by atoms with E-state index < -0.39 is 65.6 Å². The van der Waals surface area contributed by atoms with Crippen LogP contribution in [0.1, 0.15) is 47.4 Å². The Labute approximate surface area is 181 Å². The molecule has 32 heavy (non-hydrogen) atoms. The third kappa shape index (κ3) is 2.76. The van der Waals surface area contributed by atoms with Crippen LogP contribution in [0, 0.1) is 0 Å². The predicted molar refractivity (Wildman–Crippen MR) is 103 cm³/mol. The highest BCUT2D eigenvalue weighted by Gasteiger charge is 2.65. The molecule has 4 aliphatic rings. The number of esters is 2. The number of Topliss-reactive ketones (excluding diaryl/α,β-unsaturated/α-hetero) is 2. The minimum Gasteiger partial charge on any atom is -0.507 e. The van der Waals surface area contributed by atoms with Gasteiger partial charge in [-0.15, -0.1) is 0 Å². The van der Waals surface area contributed by atoms with E-state index in [1.54, 1.807) is 6.92 Å². The molecule has 2 saturated heterocycles. The topological polar surface area (TPSA) is 146 Å². The van der Waals surface area contributed by atoms with Gasteiger partial charge >= 0.3 is 11.9 Å². The zero-order valence-electron chi connectivity index (χ0n) is 17.2. The van der Waals surface area contributed by atoms with Crippen LogP contribution in [-0.2, 0) is 28.5 Å². The third-order valence-corrected chi connectivity index (χ3v) is 6.18. The number of hydrogen-bond donors (Lipinski definition) is 2. The van der Waals surface area contributed by atoms with Crippen LogP contribution in [0.3, 0.4) is 0 Å². The summed E-state index contributed by atoms with van der Waals surface area (Å²) in [4.78, 5) is 50.8. The summed E-state index contributed by atoms with van der Waals surface area (Å²) in [7, 11) is 0. The van der Waals surface area contributed by atoms with E-state index >= 15 is 0 Å². The number of hydrogen-bond acceptors (Lipinski definition) is 10. The molecule has 0 radical (unpaired) electrons. The van der Waals surface area contributed by atoms with Crippen molar-refractivity contribution in [3.05, 3.63) is 40.5 Å². The Kier molecular flexibility index (Phi) is 4.52. The van der Waals surface area contributed by atoms with Crippen LogP contribution in [0.15, 0.2) is 29.3 Å². The number of carbonyl (C=O) groups excluding carboxylic acids is 4. The van der Waals surface area contributed by atoms with Crippen molar-refractivity contribution in [3.8, 4) is 5.75 Å². The first-order valence-electron chi connectivity index (χ1n) is 10.2. The van der Waals surface area contributed by atoms with E-state index in [1.807, 2.05) is 0 Å². The number of fused-ring (bicyclic) bond motifs is 4. The second kappa shape index (κ2) is 6.96. The summed E-state index contributed by atoms with van der Waals surface area (Å²) < 4.78 is 22.6. The second-order valence-electron chi connectivity index (χ2n) is 8.34. The third-order valence-electron chi connectivity index (χ3n) is 6.18. The van der Waals surface area contributed by atoms with Crippen LogP contribution < -0.4 is 0 Å². The number of ether oxygens (including phenoxy) is 4. The molecule has 10 heteroatoms. The molecule has 5 rings (SSSR count). The summed E-state index contributed by atoms with van der Waals surface area (Å²) in [6, 6.07) is 4.06. The van der Waals surface area contributed by atoms with E-state index in [-0.39, 0.29) is 35.1 Å². The van der Waals surface area contributed by atoms with Crippen LogP contribution in [0.5, 0.6) is 5.75 Å². The monoisotopic (exact) mass is 444 g/mol. The fraction of sp³-hybridized carbons (Fsp3) is 0.455. The molecule has 1 aromatic carbocycles. The Bertz CT molecular complexity index is 1100. The normalized spacial score (nSPS) is 35.8. The number of aromatic hydroxyl groups is 1. The fourth-order valence-corrected chi connectivity index (χ4v) is 5.01. The Balaban J connectivity index is 1.75. The van der Waals surface area contributed by atoms with E-state index in [0.717, 1.165) is 0 Å². The zero-order valence-corrected chi connectivity index (χ0v) is 17.2. The highest BCUT2D eigenvalue weighted by atomic mass is 16.7. The molecule has 0 saturated carbocycles. The maximum absolute atomic E-state index is 13.7.